The van der Waals surface area contributed by atoms with Gasteiger partial charge in [-0.05, 0) is 54.8 Å². The van der Waals surface area contributed by atoms with Crippen molar-refractivity contribution in [2.24, 2.45) is 5.73 Å². The first-order valence-electron chi connectivity index (χ1n) is 14.6. The van der Waals surface area contributed by atoms with Crippen LogP contribution >= 0.6 is 15.9 Å². The van der Waals surface area contributed by atoms with Gasteiger partial charge in [-0.1, -0.05) is 58.4 Å². The highest BCUT2D eigenvalue weighted by atomic mass is 79.9. The lowest BCUT2D eigenvalue weighted by Crippen LogP contribution is -2.46. The van der Waals surface area contributed by atoms with Gasteiger partial charge < -0.3 is 16.0 Å². The number of rotatable bonds is 6. The number of nitrogens with one attached hydrogen (secondary N) is 1. The molecule has 0 spiro atoms. The summed E-state index contributed by atoms with van der Waals surface area (Å²) in [5, 5.41) is 7.75. The van der Waals surface area contributed by atoms with Crippen LogP contribution in [0.5, 0.6) is 0 Å². The topological polar surface area (TPSA) is 97.7 Å². The number of benzene rings is 3. The predicted octanol–water partition coefficient (Wildman–Crippen LogP) is 5.92. The van der Waals surface area contributed by atoms with E-state index in [0.29, 0.717) is 29.0 Å². The molecule has 0 aliphatic carbocycles. The van der Waals surface area contributed by atoms with Crippen molar-refractivity contribution in [1.82, 2.24) is 24.4 Å². The number of hydrogen-bond donors (Lipinski definition) is 2. The number of nitrogens with two attached hydrogens (primary N) is 1. The van der Waals surface area contributed by atoms with Crippen LogP contribution in [0.3, 0.4) is 0 Å². The Morgan fingerprint density at radius 1 is 1.09 bits per heavy atom. The van der Waals surface area contributed by atoms with Gasteiger partial charge in [-0.3, -0.25) is 14.2 Å². The van der Waals surface area contributed by atoms with Crippen LogP contribution in [-0.4, -0.2) is 38.1 Å². The third-order valence-corrected chi connectivity index (χ3v) is 9.03. The largest absolute Gasteiger partial charge is 0.417 e. The lowest BCUT2D eigenvalue weighted by Gasteiger charge is -2.35. The monoisotopic (exact) mass is 690 g/mol. The van der Waals surface area contributed by atoms with Gasteiger partial charge in [0.25, 0.3) is 11.5 Å². The lowest BCUT2D eigenvalue weighted by atomic mass is 9.97. The van der Waals surface area contributed by atoms with Crippen molar-refractivity contribution >= 4 is 33.2 Å². The summed E-state index contributed by atoms with van der Waals surface area (Å²) in [5.41, 5.74) is 10.1. The lowest BCUT2D eigenvalue weighted by molar-refractivity contribution is -0.138. The molecule has 6 rings (SSSR count). The highest BCUT2D eigenvalue weighted by Crippen LogP contribution is 2.36. The molecule has 3 aromatic carbocycles. The number of carbonyl (C=O) groups excluding carboxylic acids is 1. The summed E-state index contributed by atoms with van der Waals surface area (Å²) in [6.07, 6.45) is -0.745. The molecular weight excluding hydrogens is 661 g/mol. The molecule has 0 saturated carbocycles. The molecule has 5 aromatic rings. The fourth-order valence-corrected chi connectivity index (χ4v) is 6.46. The maximum absolute atomic E-state index is 14.4. The first-order chi connectivity index (χ1) is 22.0. The minimum atomic E-state index is -4.63. The molecule has 1 amide bonds. The van der Waals surface area contributed by atoms with Crippen LogP contribution in [0.2, 0.25) is 0 Å². The highest BCUT2D eigenvalue weighted by molar-refractivity contribution is 9.10. The van der Waals surface area contributed by atoms with Crippen LogP contribution < -0.4 is 16.6 Å². The maximum Gasteiger partial charge on any atom is 0.417 e. The van der Waals surface area contributed by atoms with Crippen LogP contribution in [0.25, 0.3) is 17.0 Å². The summed E-state index contributed by atoms with van der Waals surface area (Å²) < 4.78 is 44.1. The summed E-state index contributed by atoms with van der Waals surface area (Å²) in [6.45, 7) is 1.78. The fourth-order valence-electron chi connectivity index (χ4n) is 5.99. The Bertz CT molecular complexity index is 2040. The van der Waals surface area contributed by atoms with E-state index in [2.05, 4.69) is 21.2 Å². The summed E-state index contributed by atoms with van der Waals surface area (Å²) in [6, 6.07) is 20.2. The summed E-state index contributed by atoms with van der Waals surface area (Å²) in [7, 11) is 1.77. The smallest absolute Gasteiger partial charge is 0.403 e. The zero-order valence-corrected chi connectivity index (χ0v) is 26.6. The Balaban J connectivity index is 1.49. The number of carbonyl (C=O) groups is 1. The summed E-state index contributed by atoms with van der Waals surface area (Å²) >= 11 is 2.94. The maximum atomic E-state index is 14.4. The average molecular weight is 692 g/mol. The van der Waals surface area contributed by atoms with Gasteiger partial charge in [0, 0.05) is 46.9 Å². The van der Waals surface area contributed by atoms with Crippen molar-refractivity contribution in [3.05, 3.63) is 139 Å². The second kappa shape index (κ2) is 12.2. The molecule has 8 nitrogen and oxygen atoms in total. The molecule has 3 heterocycles. The number of hydrogen-bond acceptors (Lipinski definition) is 5. The normalized spacial score (nSPS) is 15.2. The molecule has 0 fully saturated rings. The average Bonchev–Trinajstić information content (AvgIpc) is 3.45. The number of alkyl halides is 3. The Hall–Kier alpha value is -4.84. The molecule has 0 bridgehead atoms. The van der Waals surface area contributed by atoms with Crippen molar-refractivity contribution in [2.45, 2.75) is 38.5 Å². The van der Waals surface area contributed by atoms with Gasteiger partial charge in [-0.2, -0.15) is 18.3 Å². The summed E-state index contributed by atoms with van der Waals surface area (Å²) in [5.74, 6) is -0.561. The Morgan fingerprint density at radius 3 is 2.43 bits per heavy atom. The molecule has 1 atom stereocenters. The van der Waals surface area contributed by atoms with E-state index in [1.165, 1.54) is 23.2 Å². The molecule has 46 heavy (non-hydrogen) atoms. The van der Waals surface area contributed by atoms with E-state index in [1.807, 2.05) is 54.6 Å². The van der Waals surface area contributed by atoms with Crippen LogP contribution in [0.4, 0.5) is 13.2 Å². The van der Waals surface area contributed by atoms with E-state index in [1.54, 1.807) is 29.3 Å². The van der Waals surface area contributed by atoms with Gasteiger partial charge in [-0.15, -0.1) is 0 Å². The number of halogens is 4. The second-order valence-electron chi connectivity index (χ2n) is 11.2. The van der Waals surface area contributed by atoms with Gasteiger partial charge in [0.15, 0.2) is 0 Å². The molecule has 12 heteroatoms. The number of fused-ring (bicyclic) bond motifs is 3. The van der Waals surface area contributed by atoms with E-state index in [4.69, 9.17) is 10.8 Å². The molecule has 1 aliphatic heterocycles. The first kappa shape index (κ1) is 31.2. The second-order valence-corrected chi connectivity index (χ2v) is 12.0. The standard InChI is InChI=1S/C34H30BrF3N6O2/c1-20-14-26-30(19-42(20)32(45)23-10-13-28(35)27(16-23)34(36,37)38)44-31(24(18-41-44)15-21-6-4-3-5-7-21)43(33(26)46)25-11-8-22(9-12-25)29(17-39)40-2/h3-13,16-18,20,40H,14-15,19,39H2,1-2H3/b29-17-. The highest BCUT2D eigenvalue weighted by Gasteiger charge is 2.36. The van der Waals surface area contributed by atoms with Gasteiger partial charge in [0.2, 0.25) is 0 Å². The molecular formula is C34H30BrF3N6O2. The molecule has 1 aliphatic rings. The quantitative estimate of drug-likeness (QED) is 0.231. The zero-order chi connectivity index (χ0) is 32.7. The van der Waals surface area contributed by atoms with Gasteiger partial charge in [-0.25, -0.2) is 4.52 Å². The number of aromatic nitrogens is 3. The third-order valence-electron chi connectivity index (χ3n) is 8.34. The van der Waals surface area contributed by atoms with Crippen molar-refractivity contribution in [3.63, 3.8) is 0 Å². The third kappa shape index (κ3) is 5.57. The molecule has 0 saturated heterocycles. The predicted molar refractivity (Wildman–Crippen MR) is 173 cm³/mol. The van der Waals surface area contributed by atoms with Crippen molar-refractivity contribution in [2.75, 3.05) is 7.05 Å². The fraction of sp³-hybridized carbons (Fsp3) is 0.206. The first-order valence-corrected chi connectivity index (χ1v) is 15.4. The summed E-state index contributed by atoms with van der Waals surface area (Å²) in [4.78, 5) is 29.6. The Morgan fingerprint density at radius 2 is 1.78 bits per heavy atom. The van der Waals surface area contributed by atoms with Crippen molar-refractivity contribution < 1.29 is 18.0 Å². The Kier molecular flexibility index (Phi) is 8.24. The minimum Gasteiger partial charge on any atom is -0.403 e. The van der Waals surface area contributed by atoms with E-state index in [0.717, 1.165) is 28.5 Å². The van der Waals surface area contributed by atoms with E-state index in [9.17, 15) is 22.8 Å². The van der Waals surface area contributed by atoms with Crippen molar-refractivity contribution in [3.8, 4) is 5.69 Å². The molecule has 236 valence electrons. The van der Waals surface area contributed by atoms with Crippen LogP contribution in [0.1, 0.15) is 50.8 Å². The van der Waals surface area contributed by atoms with E-state index >= 15 is 0 Å². The van der Waals surface area contributed by atoms with Crippen LogP contribution in [0, 0.1) is 0 Å². The van der Waals surface area contributed by atoms with Gasteiger partial charge >= 0.3 is 6.18 Å². The molecule has 3 N–H and O–H groups in total. The molecule has 2 aromatic heterocycles. The van der Waals surface area contributed by atoms with Crippen molar-refractivity contribution in [1.29, 1.82) is 0 Å². The minimum absolute atomic E-state index is 0.00243. The van der Waals surface area contributed by atoms with Gasteiger partial charge in [0.1, 0.15) is 5.65 Å². The number of nitrogens with zero attached hydrogens (tertiary/aromatic N) is 4. The molecule has 1 unspecified atom stereocenters. The Labute approximate surface area is 271 Å². The zero-order valence-electron chi connectivity index (χ0n) is 25.0. The number of amides is 1. The van der Waals surface area contributed by atoms with Crippen LogP contribution in [0.15, 0.2) is 94.5 Å². The van der Waals surface area contributed by atoms with E-state index in [-0.39, 0.29) is 28.6 Å². The molecule has 0 radical (unpaired) electrons. The van der Waals surface area contributed by atoms with Crippen LogP contribution in [-0.2, 0) is 25.6 Å². The van der Waals surface area contributed by atoms with E-state index < -0.39 is 23.7 Å². The van der Waals surface area contributed by atoms with Gasteiger partial charge in [0.05, 0.1) is 35.4 Å². The SMILES string of the molecule is CN/C(=C\N)c1ccc(-n2c(=O)c3c(n4ncc(Cc5ccccc5)c24)CN(C(=O)c2ccc(Br)c(C(F)(F)F)c2)C(C)C3)cc1.